The van der Waals surface area contributed by atoms with Crippen molar-refractivity contribution >= 4 is 23.2 Å². The van der Waals surface area contributed by atoms with Gasteiger partial charge < -0.3 is 14.7 Å². The van der Waals surface area contributed by atoms with Gasteiger partial charge >= 0.3 is 5.97 Å². The lowest BCUT2D eigenvalue weighted by Gasteiger charge is -2.47. The Morgan fingerprint density at radius 3 is 2.71 bits per heavy atom. The van der Waals surface area contributed by atoms with Crippen molar-refractivity contribution in [3.63, 3.8) is 0 Å². The summed E-state index contributed by atoms with van der Waals surface area (Å²) in [5.41, 5.74) is 0.711. The molecule has 1 aliphatic heterocycles. The zero-order chi connectivity index (χ0) is 15.6. The molecule has 2 rings (SSSR count). The third-order valence-corrected chi connectivity index (χ3v) is 4.71. The first-order chi connectivity index (χ1) is 9.84. The molecule has 0 atom stereocenters. The molecule has 5 nitrogen and oxygen atoms in total. The summed E-state index contributed by atoms with van der Waals surface area (Å²) < 4.78 is 5.32. The summed E-state index contributed by atoms with van der Waals surface area (Å²) in [6.07, 6.45) is 2.06. The number of thiophene rings is 1. The Labute approximate surface area is 128 Å². The van der Waals surface area contributed by atoms with E-state index in [1.54, 1.807) is 4.90 Å². The van der Waals surface area contributed by atoms with Gasteiger partial charge in [-0.3, -0.25) is 4.79 Å². The quantitative estimate of drug-likeness (QED) is 0.875. The van der Waals surface area contributed by atoms with Gasteiger partial charge in [-0.05, 0) is 31.9 Å². The number of carboxylic acid groups (broad SMARTS) is 1. The molecule has 1 fully saturated rings. The number of rotatable bonds is 6. The topological polar surface area (TPSA) is 66.8 Å². The van der Waals surface area contributed by atoms with Crippen molar-refractivity contribution in [3.8, 4) is 0 Å². The van der Waals surface area contributed by atoms with Gasteiger partial charge in [0.2, 0.25) is 0 Å². The molecule has 21 heavy (non-hydrogen) atoms. The van der Waals surface area contributed by atoms with Crippen LogP contribution >= 0.6 is 11.3 Å². The van der Waals surface area contributed by atoms with Gasteiger partial charge in [0.25, 0.3) is 5.91 Å². The van der Waals surface area contributed by atoms with Gasteiger partial charge in [-0.25, -0.2) is 4.79 Å². The van der Waals surface area contributed by atoms with E-state index in [2.05, 4.69) is 6.92 Å². The monoisotopic (exact) mass is 311 g/mol. The van der Waals surface area contributed by atoms with E-state index in [0.29, 0.717) is 13.1 Å². The molecule has 0 bridgehead atoms. The highest BCUT2D eigenvalue weighted by Crippen LogP contribution is 2.30. The second kappa shape index (κ2) is 6.15. The molecule has 1 aromatic rings. The van der Waals surface area contributed by atoms with Gasteiger partial charge in [0, 0.05) is 4.88 Å². The van der Waals surface area contributed by atoms with Crippen LogP contribution in [0.2, 0.25) is 0 Å². The molecule has 6 heteroatoms. The largest absolute Gasteiger partial charge is 0.480 e. The standard InChI is InChI=1S/C15H21NO4S/c1-4-5-11-6-12(21-10(11)2)14(19)16-8-15(3,9-16)20-7-13(17)18/h6H,4-5,7-9H2,1-3H3,(H,17,18). The van der Waals surface area contributed by atoms with Gasteiger partial charge in [0.15, 0.2) is 0 Å². The minimum absolute atomic E-state index is 0.0156. The van der Waals surface area contributed by atoms with E-state index in [1.165, 1.54) is 21.8 Å². The maximum absolute atomic E-state index is 12.4. The minimum atomic E-state index is -0.987. The van der Waals surface area contributed by atoms with E-state index in [9.17, 15) is 9.59 Å². The number of hydrogen-bond donors (Lipinski definition) is 1. The van der Waals surface area contributed by atoms with Crippen molar-refractivity contribution in [2.24, 2.45) is 0 Å². The molecule has 2 heterocycles. The maximum atomic E-state index is 12.4. The highest BCUT2D eigenvalue weighted by atomic mass is 32.1. The van der Waals surface area contributed by atoms with E-state index in [1.807, 2.05) is 19.9 Å². The lowest BCUT2D eigenvalue weighted by atomic mass is 9.96. The normalized spacial score (nSPS) is 16.6. The van der Waals surface area contributed by atoms with Gasteiger partial charge in [-0.1, -0.05) is 13.3 Å². The van der Waals surface area contributed by atoms with Crippen molar-refractivity contribution in [2.75, 3.05) is 19.7 Å². The summed E-state index contributed by atoms with van der Waals surface area (Å²) in [6, 6.07) is 1.99. The lowest BCUT2D eigenvalue weighted by Crippen LogP contribution is -2.63. The molecule has 1 saturated heterocycles. The molecular formula is C15H21NO4S. The highest BCUT2D eigenvalue weighted by Gasteiger charge is 2.43. The lowest BCUT2D eigenvalue weighted by molar-refractivity contribution is -0.159. The van der Waals surface area contributed by atoms with Crippen LogP contribution in [-0.4, -0.2) is 47.2 Å². The van der Waals surface area contributed by atoms with E-state index in [-0.39, 0.29) is 12.5 Å². The summed E-state index contributed by atoms with van der Waals surface area (Å²) in [5.74, 6) is -0.971. The molecule has 1 N–H and O–H groups in total. The van der Waals surface area contributed by atoms with E-state index < -0.39 is 11.6 Å². The first kappa shape index (κ1) is 16.0. The predicted molar refractivity (Wildman–Crippen MR) is 80.9 cm³/mol. The Morgan fingerprint density at radius 2 is 2.14 bits per heavy atom. The molecule has 1 amide bonds. The summed E-state index contributed by atoms with van der Waals surface area (Å²) in [4.78, 5) is 26.6. The van der Waals surface area contributed by atoms with Crippen molar-refractivity contribution in [1.29, 1.82) is 0 Å². The van der Waals surface area contributed by atoms with Gasteiger partial charge in [0.1, 0.15) is 12.2 Å². The molecule has 1 aliphatic rings. The number of likely N-dealkylation sites (tertiary alicyclic amines) is 1. The Hall–Kier alpha value is -1.40. The Bertz CT molecular complexity index is 546. The second-order valence-electron chi connectivity index (χ2n) is 5.74. The third-order valence-electron chi connectivity index (χ3n) is 3.63. The zero-order valence-electron chi connectivity index (χ0n) is 12.6. The molecular weight excluding hydrogens is 290 g/mol. The fourth-order valence-electron chi connectivity index (χ4n) is 2.53. The van der Waals surface area contributed by atoms with Gasteiger partial charge in [0.05, 0.1) is 18.0 Å². The number of carbonyl (C=O) groups excluding carboxylic acids is 1. The van der Waals surface area contributed by atoms with Crippen molar-refractivity contribution in [3.05, 3.63) is 21.4 Å². The van der Waals surface area contributed by atoms with Crippen LogP contribution in [0.5, 0.6) is 0 Å². The number of carboxylic acids is 1. The summed E-state index contributed by atoms with van der Waals surface area (Å²) >= 11 is 1.53. The Kier molecular flexibility index (Phi) is 4.68. The van der Waals surface area contributed by atoms with E-state index in [4.69, 9.17) is 9.84 Å². The number of carbonyl (C=O) groups is 2. The molecule has 116 valence electrons. The average molecular weight is 311 g/mol. The Morgan fingerprint density at radius 1 is 1.48 bits per heavy atom. The molecule has 0 spiro atoms. The smallest absolute Gasteiger partial charge is 0.329 e. The van der Waals surface area contributed by atoms with E-state index >= 15 is 0 Å². The number of ether oxygens (including phenoxy) is 1. The van der Waals surface area contributed by atoms with Gasteiger partial charge in [-0.2, -0.15) is 0 Å². The number of amides is 1. The predicted octanol–water partition coefficient (Wildman–Crippen LogP) is 2.32. The van der Waals surface area contributed by atoms with Crippen LogP contribution in [0, 0.1) is 6.92 Å². The van der Waals surface area contributed by atoms with Crippen molar-refractivity contribution < 1.29 is 19.4 Å². The van der Waals surface area contributed by atoms with Crippen LogP contribution in [0.1, 0.15) is 40.4 Å². The average Bonchev–Trinajstić information content (AvgIpc) is 2.74. The van der Waals surface area contributed by atoms with Crippen LogP contribution in [-0.2, 0) is 16.0 Å². The fraction of sp³-hybridized carbons (Fsp3) is 0.600. The zero-order valence-corrected chi connectivity index (χ0v) is 13.5. The minimum Gasteiger partial charge on any atom is -0.480 e. The number of hydrogen-bond acceptors (Lipinski definition) is 4. The first-order valence-corrected chi connectivity index (χ1v) is 7.90. The molecule has 0 aliphatic carbocycles. The third kappa shape index (κ3) is 3.63. The second-order valence-corrected chi connectivity index (χ2v) is 6.99. The fourth-order valence-corrected chi connectivity index (χ4v) is 3.57. The molecule has 0 saturated carbocycles. The van der Waals surface area contributed by atoms with Crippen LogP contribution in [0.15, 0.2) is 6.07 Å². The molecule has 0 unspecified atom stereocenters. The first-order valence-electron chi connectivity index (χ1n) is 7.09. The molecule has 0 aromatic carbocycles. The van der Waals surface area contributed by atoms with E-state index in [0.717, 1.165) is 17.7 Å². The van der Waals surface area contributed by atoms with Crippen LogP contribution in [0.3, 0.4) is 0 Å². The SMILES string of the molecule is CCCc1cc(C(=O)N2CC(C)(OCC(=O)O)C2)sc1C. The highest BCUT2D eigenvalue weighted by molar-refractivity contribution is 7.14. The maximum Gasteiger partial charge on any atom is 0.329 e. The van der Waals surface area contributed by atoms with Gasteiger partial charge in [-0.15, -0.1) is 11.3 Å². The summed E-state index contributed by atoms with van der Waals surface area (Å²) in [6.45, 7) is 6.57. The van der Waals surface area contributed by atoms with Crippen LogP contribution in [0.25, 0.3) is 0 Å². The number of aryl methyl sites for hydroxylation is 2. The van der Waals surface area contributed by atoms with Crippen molar-refractivity contribution in [2.45, 2.75) is 39.2 Å². The number of aliphatic carboxylic acids is 1. The van der Waals surface area contributed by atoms with Crippen molar-refractivity contribution in [1.82, 2.24) is 4.90 Å². The number of nitrogens with zero attached hydrogens (tertiary/aromatic N) is 1. The summed E-state index contributed by atoms with van der Waals surface area (Å²) in [5, 5.41) is 8.63. The molecule has 1 aromatic heterocycles. The molecule has 0 radical (unpaired) electrons. The van der Waals surface area contributed by atoms with Crippen LogP contribution in [0.4, 0.5) is 0 Å². The summed E-state index contributed by atoms with van der Waals surface area (Å²) in [7, 11) is 0. The van der Waals surface area contributed by atoms with Crippen LogP contribution < -0.4 is 0 Å². The Balaban J connectivity index is 1.94.